The van der Waals surface area contributed by atoms with E-state index in [0.29, 0.717) is 20.6 Å². The molecule has 1 aromatic heterocycles. The fourth-order valence-electron chi connectivity index (χ4n) is 2.49. The molecule has 0 aliphatic heterocycles. The van der Waals surface area contributed by atoms with Crippen molar-refractivity contribution < 1.29 is 19.1 Å². The highest BCUT2D eigenvalue weighted by atomic mass is 79.9. The molecule has 0 unspecified atom stereocenters. The van der Waals surface area contributed by atoms with Crippen LogP contribution in [-0.2, 0) is 20.9 Å². The Kier molecular flexibility index (Phi) is 7.34. The van der Waals surface area contributed by atoms with Gasteiger partial charge in [0.05, 0.1) is 21.8 Å². The minimum absolute atomic E-state index is 0.0501. The van der Waals surface area contributed by atoms with Gasteiger partial charge >= 0.3 is 5.97 Å². The number of carbonyl (C=O) groups excluding carboxylic acids is 2. The van der Waals surface area contributed by atoms with Gasteiger partial charge in [-0.2, -0.15) is 4.99 Å². The molecule has 0 saturated heterocycles. The number of rotatable bonds is 6. The van der Waals surface area contributed by atoms with E-state index in [1.165, 1.54) is 17.4 Å². The number of fused-ring (bicyclic) bond motifs is 1. The van der Waals surface area contributed by atoms with Gasteiger partial charge in [0.25, 0.3) is 5.91 Å². The number of nitrogens with zero attached hydrogens (tertiary/aromatic N) is 2. The number of aromatic nitrogens is 1. The fraction of sp³-hybridized carbons (Fsp3) is 0.211. The number of hydrogen-bond acceptors (Lipinski definition) is 5. The second-order valence-electron chi connectivity index (χ2n) is 5.76. The summed E-state index contributed by atoms with van der Waals surface area (Å²) in [5.74, 6) is -0.591. The average Bonchev–Trinajstić information content (AvgIpc) is 2.97. The summed E-state index contributed by atoms with van der Waals surface area (Å²) in [5, 5.41) is 0.768. The molecule has 0 saturated carbocycles. The standard InChI is InChI=1S/C19H15BrCl2N2O4S/c1-2-27-18(26)9-24-14-5-3-11(20)7-16(14)29-19(24)23-17(25)10-28-15-6-4-12(21)8-13(15)22/h3-8H,2,9-10H2,1H3. The minimum Gasteiger partial charge on any atom is -0.482 e. The summed E-state index contributed by atoms with van der Waals surface area (Å²) in [5.41, 5.74) is 0.777. The van der Waals surface area contributed by atoms with Crippen LogP contribution in [-0.4, -0.2) is 29.7 Å². The van der Waals surface area contributed by atoms with Crippen LogP contribution in [0.15, 0.2) is 45.9 Å². The van der Waals surface area contributed by atoms with Crippen molar-refractivity contribution in [2.45, 2.75) is 13.5 Å². The zero-order chi connectivity index (χ0) is 21.0. The molecule has 2 aromatic carbocycles. The third kappa shape index (κ3) is 5.60. The Hall–Kier alpha value is -1.87. The lowest BCUT2D eigenvalue weighted by Gasteiger charge is -2.06. The summed E-state index contributed by atoms with van der Waals surface area (Å²) < 4.78 is 13.9. The van der Waals surface area contributed by atoms with Crippen LogP contribution in [0.5, 0.6) is 5.75 Å². The molecule has 3 aromatic rings. The van der Waals surface area contributed by atoms with Gasteiger partial charge in [0.1, 0.15) is 12.3 Å². The first kappa shape index (κ1) is 21.8. The summed E-state index contributed by atoms with van der Waals surface area (Å²) in [4.78, 5) is 28.9. The number of hydrogen-bond donors (Lipinski definition) is 0. The summed E-state index contributed by atoms with van der Waals surface area (Å²) in [7, 11) is 0. The van der Waals surface area contributed by atoms with Gasteiger partial charge < -0.3 is 14.0 Å². The normalized spacial score (nSPS) is 11.7. The molecule has 0 aliphatic rings. The SMILES string of the molecule is CCOC(=O)Cn1c(=NC(=O)COc2ccc(Cl)cc2Cl)sc2cc(Br)ccc21. The van der Waals surface area contributed by atoms with Gasteiger partial charge in [-0.3, -0.25) is 9.59 Å². The Balaban J connectivity index is 1.89. The van der Waals surface area contributed by atoms with Crippen molar-refractivity contribution in [1.82, 2.24) is 4.57 Å². The lowest BCUT2D eigenvalue weighted by Crippen LogP contribution is -2.24. The maximum absolute atomic E-state index is 12.4. The Morgan fingerprint density at radius 2 is 2.00 bits per heavy atom. The molecule has 0 aliphatic carbocycles. The quantitative estimate of drug-likeness (QED) is 0.438. The number of esters is 1. The molecule has 29 heavy (non-hydrogen) atoms. The van der Waals surface area contributed by atoms with Crippen LogP contribution in [0.1, 0.15) is 6.92 Å². The smallest absolute Gasteiger partial charge is 0.326 e. The molecule has 10 heteroatoms. The Morgan fingerprint density at radius 3 is 2.72 bits per heavy atom. The number of halogens is 3. The van der Waals surface area contributed by atoms with Crippen molar-refractivity contribution in [3.63, 3.8) is 0 Å². The van der Waals surface area contributed by atoms with Crippen LogP contribution in [0, 0.1) is 0 Å². The minimum atomic E-state index is -0.515. The summed E-state index contributed by atoms with van der Waals surface area (Å²) >= 11 is 16.6. The van der Waals surface area contributed by atoms with Crippen molar-refractivity contribution >= 4 is 72.6 Å². The lowest BCUT2D eigenvalue weighted by atomic mass is 10.3. The van der Waals surface area contributed by atoms with E-state index >= 15 is 0 Å². The number of thiazole rings is 1. The number of benzene rings is 2. The molecule has 0 atom stereocenters. The van der Waals surface area contributed by atoms with E-state index in [-0.39, 0.29) is 19.8 Å². The zero-order valence-corrected chi connectivity index (χ0v) is 19.1. The van der Waals surface area contributed by atoms with Gasteiger partial charge in [-0.1, -0.05) is 50.5 Å². The van der Waals surface area contributed by atoms with Crippen molar-refractivity contribution in [1.29, 1.82) is 0 Å². The first-order chi connectivity index (χ1) is 13.9. The highest BCUT2D eigenvalue weighted by Crippen LogP contribution is 2.27. The molecule has 6 nitrogen and oxygen atoms in total. The third-order valence-electron chi connectivity index (χ3n) is 3.70. The molecule has 0 radical (unpaired) electrons. The van der Waals surface area contributed by atoms with E-state index < -0.39 is 11.9 Å². The molecule has 0 fully saturated rings. The first-order valence-electron chi connectivity index (χ1n) is 8.47. The molecular formula is C19H15BrCl2N2O4S. The van der Waals surface area contributed by atoms with Gasteiger partial charge in [0, 0.05) is 9.50 Å². The predicted octanol–water partition coefficient (Wildman–Crippen LogP) is 4.84. The van der Waals surface area contributed by atoms with Gasteiger partial charge in [-0.15, -0.1) is 0 Å². The van der Waals surface area contributed by atoms with E-state index in [9.17, 15) is 9.59 Å². The van der Waals surface area contributed by atoms with Crippen molar-refractivity contribution in [3.05, 3.63) is 55.7 Å². The van der Waals surface area contributed by atoms with Gasteiger partial charge in [0.15, 0.2) is 11.4 Å². The molecule has 152 valence electrons. The Labute approximate surface area is 188 Å². The van der Waals surface area contributed by atoms with E-state index in [2.05, 4.69) is 20.9 Å². The van der Waals surface area contributed by atoms with E-state index in [1.807, 2.05) is 18.2 Å². The average molecular weight is 518 g/mol. The monoisotopic (exact) mass is 516 g/mol. The maximum Gasteiger partial charge on any atom is 0.326 e. The molecule has 1 heterocycles. The van der Waals surface area contributed by atoms with Crippen molar-refractivity contribution in [2.75, 3.05) is 13.2 Å². The molecular weight excluding hydrogens is 503 g/mol. The molecule has 0 spiro atoms. The van der Waals surface area contributed by atoms with Crippen molar-refractivity contribution in [3.8, 4) is 5.75 Å². The van der Waals surface area contributed by atoms with Crippen LogP contribution < -0.4 is 9.54 Å². The highest BCUT2D eigenvalue weighted by Gasteiger charge is 2.13. The van der Waals surface area contributed by atoms with E-state index in [1.54, 1.807) is 23.6 Å². The van der Waals surface area contributed by atoms with Gasteiger partial charge in [-0.25, -0.2) is 0 Å². The van der Waals surface area contributed by atoms with Crippen LogP contribution in [0.25, 0.3) is 10.2 Å². The molecule has 0 bridgehead atoms. The zero-order valence-electron chi connectivity index (χ0n) is 15.2. The van der Waals surface area contributed by atoms with Crippen LogP contribution in [0.4, 0.5) is 0 Å². The maximum atomic E-state index is 12.4. The predicted molar refractivity (Wildman–Crippen MR) is 117 cm³/mol. The topological polar surface area (TPSA) is 69.9 Å². The number of carbonyl (C=O) groups is 2. The van der Waals surface area contributed by atoms with Crippen LogP contribution in [0.2, 0.25) is 10.0 Å². The molecule has 1 amide bonds. The van der Waals surface area contributed by atoms with Crippen LogP contribution >= 0.6 is 50.5 Å². The first-order valence-corrected chi connectivity index (χ1v) is 10.8. The summed E-state index contributed by atoms with van der Waals surface area (Å²) in [6.07, 6.45) is 0. The van der Waals surface area contributed by atoms with Gasteiger partial charge in [-0.05, 0) is 43.3 Å². The van der Waals surface area contributed by atoms with Crippen LogP contribution in [0.3, 0.4) is 0 Å². The molecule has 3 rings (SSSR count). The third-order valence-corrected chi connectivity index (χ3v) is 5.77. The lowest BCUT2D eigenvalue weighted by molar-refractivity contribution is -0.143. The second-order valence-corrected chi connectivity index (χ2v) is 8.53. The molecule has 0 N–H and O–H groups in total. The Morgan fingerprint density at radius 1 is 1.21 bits per heavy atom. The largest absolute Gasteiger partial charge is 0.482 e. The summed E-state index contributed by atoms with van der Waals surface area (Å²) in [6, 6.07) is 10.3. The van der Waals surface area contributed by atoms with E-state index in [0.717, 1.165) is 14.7 Å². The number of ether oxygens (including phenoxy) is 2. The number of amides is 1. The van der Waals surface area contributed by atoms with E-state index in [4.69, 9.17) is 32.7 Å². The summed E-state index contributed by atoms with van der Waals surface area (Å²) in [6.45, 7) is 1.65. The highest BCUT2D eigenvalue weighted by molar-refractivity contribution is 9.10. The van der Waals surface area contributed by atoms with Crippen molar-refractivity contribution in [2.24, 2.45) is 4.99 Å². The fourth-order valence-corrected chi connectivity index (χ4v) is 4.55. The van der Waals surface area contributed by atoms with Gasteiger partial charge in [0.2, 0.25) is 0 Å². The second kappa shape index (κ2) is 9.75. The Bertz CT molecular complexity index is 1140.